The van der Waals surface area contributed by atoms with E-state index in [9.17, 15) is 4.79 Å². The van der Waals surface area contributed by atoms with E-state index < -0.39 is 0 Å². The molecule has 112 valence electrons. The summed E-state index contributed by atoms with van der Waals surface area (Å²) in [6.07, 6.45) is 3.45. The Kier molecular flexibility index (Phi) is 5.14. The summed E-state index contributed by atoms with van der Waals surface area (Å²) in [4.78, 5) is 16.0. The Morgan fingerprint density at radius 1 is 1.33 bits per heavy atom. The molecule has 2 rings (SSSR count). The number of pyridine rings is 1. The summed E-state index contributed by atoms with van der Waals surface area (Å²) in [7, 11) is 3.04. The van der Waals surface area contributed by atoms with Gasteiger partial charge < -0.3 is 14.0 Å². The summed E-state index contributed by atoms with van der Waals surface area (Å²) in [5, 5.41) is 0. The van der Waals surface area contributed by atoms with Crippen molar-refractivity contribution in [2.24, 2.45) is 0 Å². The van der Waals surface area contributed by atoms with Crippen LogP contribution in [0.15, 0.2) is 29.0 Å². The minimum absolute atomic E-state index is 0.356. The topological polar surface area (TPSA) is 53.4 Å². The van der Waals surface area contributed by atoms with Crippen LogP contribution in [0.4, 0.5) is 0 Å². The van der Waals surface area contributed by atoms with E-state index in [1.165, 1.54) is 7.11 Å². The number of methoxy groups -OCH3 is 2. The van der Waals surface area contributed by atoms with Crippen molar-refractivity contribution >= 4 is 21.9 Å². The van der Waals surface area contributed by atoms with E-state index in [2.05, 4.69) is 25.5 Å². The largest absolute Gasteiger partial charge is 0.465 e. The highest BCUT2D eigenvalue weighted by atomic mass is 79.9. The predicted molar refractivity (Wildman–Crippen MR) is 83.3 cm³/mol. The van der Waals surface area contributed by atoms with E-state index in [4.69, 9.17) is 9.47 Å². The van der Waals surface area contributed by atoms with Gasteiger partial charge in [-0.1, -0.05) is 0 Å². The molecule has 0 N–H and O–H groups in total. The Bertz CT molecular complexity index is 638. The molecule has 0 amide bonds. The molecule has 6 heteroatoms. The number of hydrogen-bond donors (Lipinski definition) is 0. The van der Waals surface area contributed by atoms with Gasteiger partial charge in [0.2, 0.25) is 0 Å². The highest BCUT2D eigenvalue weighted by molar-refractivity contribution is 9.10. The van der Waals surface area contributed by atoms with E-state index in [1.807, 2.05) is 19.1 Å². The maximum atomic E-state index is 12.0. The Morgan fingerprint density at radius 2 is 2.00 bits per heavy atom. The van der Waals surface area contributed by atoms with Crippen LogP contribution in [0.3, 0.4) is 0 Å². The molecular formula is C15H17BrN2O3. The summed E-state index contributed by atoms with van der Waals surface area (Å²) >= 11 is 3.54. The lowest BCUT2D eigenvalue weighted by molar-refractivity contribution is 0.0598. The van der Waals surface area contributed by atoms with Crippen LogP contribution in [0.5, 0.6) is 0 Å². The second-order valence-corrected chi connectivity index (χ2v) is 5.29. The third-order valence-electron chi connectivity index (χ3n) is 3.33. The summed E-state index contributed by atoms with van der Waals surface area (Å²) in [5.74, 6) is -0.356. The molecule has 2 aromatic rings. The minimum atomic E-state index is -0.356. The molecule has 5 nitrogen and oxygen atoms in total. The van der Waals surface area contributed by atoms with E-state index >= 15 is 0 Å². The summed E-state index contributed by atoms with van der Waals surface area (Å²) in [6, 6.07) is 3.81. The van der Waals surface area contributed by atoms with Gasteiger partial charge in [0.25, 0.3) is 0 Å². The number of halogens is 1. The van der Waals surface area contributed by atoms with Gasteiger partial charge in [-0.05, 0) is 35.0 Å². The SMILES string of the molecule is COCCn1c(C)c(C(=O)OC)c(Br)c1-c1ccncc1. The van der Waals surface area contributed by atoms with Gasteiger partial charge in [0.15, 0.2) is 0 Å². The molecule has 0 radical (unpaired) electrons. The molecule has 0 aromatic carbocycles. The molecule has 0 bridgehead atoms. The van der Waals surface area contributed by atoms with E-state index in [-0.39, 0.29) is 5.97 Å². The number of esters is 1. The molecule has 0 aliphatic heterocycles. The molecule has 0 atom stereocenters. The first-order chi connectivity index (χ1) is 10.1. The van der Waals surface area contributed by atoms with Crippen molar-refractivity contribution in [2.75, 3.05) is 20.8 Å². The Balaban J connectivity index is 2.64. The third-order valence-corrected chi connectivity index (χ3v) is 4.10. The molecule has 21 heavy (non-hydrogen) atoms. The highest BCUT2D eigenvalue weighted by Gasteiger charge is 2.24. The molecule has 0 fully saturated rings. The Morgan fingerprint density at radius 3 is 2.57 bits per heavy atom. The van der Waals surface area contributed by atoms with Crippen LogP contribution in [-0.2, 0) is 16.0 Å². The molecule has 2 heterocycles. The van der Waals surface area contributed by atoms with Crippen molar-refractivity contribution < 1.29 is 14.3 Å². The number of ether oxygens (including phenoxy) is 2. The zero-order valence-corrected chi connectivity index (χ0v) is 13.8. The molecule has 0 aliphatic rings. The molecule has 0 aliphatic carbocycles. The van der Waals surface area contributed by atoms with Crippen molar-refractivity contribution in [3.63, 3.8) is 0 Å². The first-order valence-corrected chi connectivity index (χ1v) is 7.27. The van der Waals surface area contributed by atoms with E-state index in [0.29, 0.717) is 18.7 Å². The zero-order chi connectivity index (χ0) is 15.4. The van der Waals surface area contributed by atoms with Gasteiger partial charge in [0.05, 0.1) is 29.4 Å². The quantitative estimate of drug-likeness (QED) is 0.776. The van der Waals surface area contributed by atoms with Crippen molar-refractivity contribution in [3.8, 4) is 11.3 Å². The normalized spacial score (nSPS) is 10.7. The second kappa shape index (κ2) is 6.87. The molecule has 0 unspecified atom stereocenters. The van der Waals surface area contributed by atoms with Gasteiger partial charge in [-0.15, -0.1) is 0 Å². The number of rotatable bonds is 5. The average molecular weight is 353 g/mol. The predicted octanol–water partition coefficient (Wildman–Crippen LogP) is 3.05. The van der Waals surface area contributed by atoms with Gasteiger partial charge in [-0.25, -0.2) is 4.79 Å². The van der Waals surface area contributed by atoms with Crippen LogP contribution in [-0.4, -0.2) is 36.3 Å². The first kappa shape index (κ1) is 15.7. The van der Waals surface area contributed by atoms with Gasteiger partial charge in [-0.3, -0.25) is 4.98 Å². The lowest BCUT2D eigenvalue weighted by Gasteiger charge is -2.11. The van der Waals surface area contributed by atoms with E-state index in [0.717, 1.165) is 21.4 Å². The number of carbonyl (C=O) groups excluding carboxylic acids is 1. The second-order valence-electron chi connectivity index (χ2n) is 4.49. The number of nitrogens with zero attached hydrogens (tertiary/aromatic N) is 2. The average Bonchev–Trinajstić information content (AvgIpc) is 2.76. The van der Waals surface area contributed by atoms with Crippen LogP contribution >= 0.6 is 15.9 Å². The first-order valence-electron chi connectivity index (χ1n) is 6.48. The maximum Gasteiger partial charge on any atom is 0.340 e. The number of hydrogen-bond acceptors (Lipinski definition) is 4. The number of carbonyl (C=O) groups is 1. The van der Waals surface area contributed by atoms with Gasteiger partial charge >= 0.3 is 5.97 Å². The molecule has 0 saturated heterocycles. The fourth-order valence-corrected chi connectivity index (χ4v) is 3.18. The van der Waals surface area contributed by atoms with Crippen molar-refractivity contribution in [3.05, 3.63) is 40.3 Å². The molecule has 2 aromatic heterocycles. The highest BCUT2D eigenvalue weighted by Crippen LogP contribution is 2.36. The van der Waals surface area contributed by atoms with Crippen LogP contribution in [0.1, 0.15) is 16.1 Å². The third kappa shape index (κ3) is 3.01. The van der Waals surface area contributed by atoms with Crippen LogP contribution in [0.25, 0.3) is 11.3 Å². The maximum absolute atomic E-state index is 12.0. The molecule has 0 spiro atoms. The smallest absolute Gasteiger partial charge is 0.340 e. The van der Waals surface area contributed by atoms with Crippen LogP contribution in [0.2, 0.25) is 0 Å². The van der Waals surface area contributed by atoms with Crippen LogP contribution in [0, 0.1) is 6.92 Å². The van der Waals surface area contributed by atoms with Crippen molar-refractivity contribution in [2.45, 2.75) is 13.5 Å². The Labute approximate surface area is 132 Å². The fraction of sp³-hybridized carbons (Fsp3) is 0.333. The molecular weight excluding hydrogens is 336 g/mol. The lowest BCUT2D eigenvalue weighted by atomic mass is 10.2. The monoisotopic (exact) mass is 352 g/mol. The summed E-state index contributed by atoms with van der Waals surface area (Å²) in [6.45, 7) is 3.10. The van der Waals surface area contributed by atoms with Gasteiger partial charge in [0, 0.05) is 37.3 Å². The fourth-order valence-electron chi connectivity index (χ4n) is 2.29. The molecule has 0 saturated carbocycles. The number of aromatic nitrogens is 2. The lowest BCUT2D eigenvalue weighted by Crippen LogP contribution is -2.09. The van der Waals surface area contributed by atoms with Crippen molar-refractivity contribution in [1.29, 1.82) is 0 Å². The summed E-state index contributed by atoms with van der Waals surface area (Å²) < 4.78 is 12.8. The van der Waals surface area contributed by atoms with Gasteiger partial charge in [-0.2, -0.15) is 0 Å². The van der Waals surface area contributed by atoms with Gasteiger partial charge in [0.1, 0.15) is 0 Å². The summed E-state index contributed by atoms with van der Waals surface area (Å²) in [5.41, 5.74) is 3.29. The van der Waals surface area contributed by atoms with Crippen LogP contribution < -0.4 is 0 Å². The Hall–Kier alpha value is -1.66. The van der Waals surface area contributed by atoms with Crippen molar-refractivity contribution in [1.82, 2.24) is 9.55 Å². The standard InChI is InChI=1S/C15H17BrN2O3/c1-10-12(15(19)21-3)13(16)14(18(10)8-9-20-2)11-4-6-17-7-5-11/h4-7H,8-9H2,1-3H3. The van der Waals surface area contributed by atoms with E-state index in [1.54, 1.807) is 19.5 Å². The minimum Gasteiger partial charge on any atom is -0.465 e. The zero-order valence-electron chi connectivity index (χ0n) is 12.2.